The van der Waals surface area contributed by atoms with Crippen LogP contribution in [-0.4, -0.2) is 42.1 Å². The van der Waals surface area contributed by atoms with E-state index < -0.39 is 0 Å². The topological polar surface area (TPSA) is 67.3 Å². The third-order valence-corrected chi connectivity index (χ3v) is 7.02. The van der Waals surface area contributed by atoms with Crippen molar-refractivity contribution in [3.8, 4) is 0 Å². The van der Waals surface area contributed by atoms with Crippen molar-refractivity contribution in [1.82, 2.24) is 14.7 Å². The predicted molar refractivity (Wildman–Crippen MR) is 150 cm³/mol. The van der Waals surface area contributed by atoms with Crippen molar-refractivity contribution in [3.63, 3.8) is 0 Å². The Labute approximate surface area is 223 Å². The number of hydrogen-bond acceptors (Lipinski definition) is 6. The summed E-state index contributed by atoms with van der Waals surface area (Å²) in [5.41, 5.74) is 4.70. The molecular formula is C30H34N4O2S. The van der Waals surface area contributed by atoms with Crippen molar-refractivity contribution in [2.75, 3.05) is 31.7 Å². The summed E-state index contributed by atoms with van der Waals surface area (Å²) in [6.07, 6.45) is 1.78. The van der Waals surface area contributed by atoms with Crippen LogP contribution in [0, 0.1) is 6.92 Å². The van der Waals surface area contributed by atoms with Gasteiger partial charge in [0.25, 0.3) is 0 Å². The van der Waals surface area contributed by atoms with Gasteiger partial charge in [-0.15, -0.1) is 0 Å². The molecular weight excluding hydrogens is 480 g/mol. The summed E-state index contributed by atoms with van der Waals surface area (Å²) >= 11 is 1.37. The van der Waals surface area contributed by atoms with E-state index in [0.717, 1.165) is 22.9 Å². The highest BCUT2D eigenvalue weighted by atomic mass is 32.1. The monoisotopic (exact) mass is 514 g/mol. The van der Waals surface area contributed by atoms with Crippen molar-refractivity contribution >= 4 is 22.6 Å². The Bertz CT molecular complexity index is 1230. The molecule has 0 aliphatic carbocycles. The number of anilines is 1. The Kier molecular flexibility index (Phi) is 9.80. The number of hydrogen-bond donors (Lipinski definition) is 1. The van der Waals surface area contributed by atoms with Gasteiger partial charge < -0.3 is 15.0 Å². The predicted octanol–water partition coefficient (Wildman–Crippen LogP) is 5.38. The molecule has 0 bridgehead atoms. The van der Waals surface area contributed by atoms with Crippen LogP contribution in [0.4, 0.5) is 5.13 Å². The van der Waals surface area contributed by atoms with Gasteiger partial charge in [-0.1, -0.05) is 90.5 Å². The summed E-state index contributed by atoms with van der Waals surface area (Å²) in [6.45, 7) is 3.82. The van der Waals surface area contributed by atoms with Gasteiger partial charge in [0.2, 0.25) is 11.0 Å². The minimum atomic E-state index is -0.0915. The second kappa shape index (κ2) is 13.7. The van der Waals surface area contributed by atoms with Gasteiger partial charge in [-0.3, -0.25) is 4.79 Å². The highest BCUT2D eigenvalue weighted by Gasteiger charge is 2.18. The van der Waals surface area contributed by atoms with Crippen LogP contribution >= 0.6 is 11.5 Å². The van der Waals surface area contributed by atoms with Crippen LogP contribution < -0.4 is 10.2 Å². The van der Waals surface area contributed by atoms with E-state index in [9.17, 15) is 4.79 Å². The maximum atomic E-state index is 13.1. The summed E-state index contributed by atoms with van der Waals surface area (Å²) in [6, 6.07) is 28.7. The third-order valence-electron chi connectivity index (χ3n) is 6.20. The van der Waals surface area contributed by atoms with Gasteiger partial charge in [-0.25, -0.2) is 4.98 Å². The van der Waals surface area contributed by atoms with Crippen LogP contribution in [0.1, 0.15) is 40.5 Å². The molecule has 4 aromatic rings. The summed E-state index contributed by atoms with van der Waals surface area (Å²) < 4.78 is 9.89. The van der Waals surface area contributed by atoms with Gasteiger partial charge in [-0.05, 0) is 30.0 Å². The van der Waals surface area contributed by atoms with Crippen molar-refractivity contribution in [3.05, 3.63) is 113 Å². The summed E-state index contributed by atoms with van der Waals surface area (Å²) in [5, 5.41) is 4.07. The fourth-order valence-corrected chi connectivity index (χ4v) is 4.87. The maximum Gasteiger partial charge on any atom is 0.222 e. The lowest BCUT2D eigenvalue weighted by atomic mass is 9.98. The van der Waals surface area contributed by atoms with E-state index in [4.69, 9.17) is 9.72 Å². The summed E-state index contributed by atoms with van der Waals surface area (Å²) in [5.74, 6) is 0.805. The molecule has 0 aliphatic heterocycles. The molecule has 3 aromatic carbocycles. The number of benzene rings is 3. The van der Waals surface area contributed by atoms with Crippen LogP contribution in [0.15, 0.2) is 84.9 Å². The molecule has 1 amide bonds. The Balaban J connectivity index is 1.39. The van der Waals surface area contributed by atoms with E-state index >= 15 is 0 Å². The zero-order valence-corrected chi connectivity index (χ0v) is 22.3. The number of aromatic nitrogens is 2. The van der Waals surface area contributed by atoms with E-state index in [2.05, 4.69) is 70.0 Å². The molecule has 1 N–H and O–H groups in total. The minimum Gasteiger partial charge on any atom is -0.383 e. The average Bonchev–Trinajstić information content (AvgIpc) is 3.39. The van der Waals surface area contributed by atoms with E-state index in [1.165, 1.54) is 28.2 Å². The number of nitrogens with zero attached hydrogens (tertiary/aromatic N) is 3. The Morgan fingerprint density at radius 3 is 2.35 bits per heavy atom. The molecule has 37 heavy (non-hydrogen) atoms. The summed E-state index contributed by atoms with van der Waals surface area (Å²) in [4.78, 5) is 20.0. The molecule has 0 radical (unpaired) electrons. The molecule has 7 heteroatoms. The second-order valence-electron chi connectivity index (χ2n) is 9.11. The zero-order chi connectivity index (χ0) is 25.9. The third kappa shape index (κ3) is 8.23. The molecule has 192 valence electrons. The minimum absolute atomic E-state index is 0.0107. The van der Waals surface area contributed by atoms with E-state index in [-0.39, 0.29) is 11.9 Å². The zero-order valence-electron chi connectivity index (χ0n) is 21.5. The molecule has 0 saturated heterocycles. The lowest BCUT2D eigenvalue weighted by Gasteiger charge is -2.23. The van der Waals surface area contributed by atoms with Gasteiger partial charge in [0.1, 0.15) is 5.82 Å². The second-order valence-corrected chi connectivity index (χ2v) is 9.84. The number of amides is 1. The largest absolute Gasteiger partial charge is 0.383 e. The number of aryl methyl sites for hydroxylation is 1. The first-order chi connectivity index (χ1) is 18.1. The maximum absolute atomic E-state index is 13.1. The van der Waals surface area contributed by atoms with Gasteiger partial charge >= 0.3 is 0 Å². The number of nitrogens with one attached hydrogen (secondary N) is 1. The average molecular weight is 515 g/mol. The Morgan fingerprint density at radius 2 is 1.65 bits per heavy atom. The summed E-state index contributed by atoms with van der Waals surface area (Å²) in [7, 11) is 1.68. The molecule has 1 atom stereocenters. The van der Waals surface area contributed by atoms with E-state index in [1.807, 2.05) is 36.4 Å². The van der Waals surface area contributed by atoms with Gasteiger partial charge in [0.15, 0.2) is 0 Å². The molecule has 1 heterocycles. The Morgan fingerprint density at radius 1 is 0.946 bits per heavy atom. The van der Waals surface area contributed by atoms with Gasteiger partial charge in [0.05, 0.1) is 12.6 Å². The van der Waals surface area contributed by atoms with Crippen LogP contribution in [0.2, 0.25) is 0 Å². The molecule has 0 spiro atoms. The highest BCUT2D eigenvalue weighted by Crippen LogP contribution is 2.21. The number of methoxy groups -OCH3 is 1. The molecule has 0 aliphatic rings. The Hall–Kier alpha value is -3.55. The SMILES string of the molecule is COCCN(CCC(=O)NC(Cc1ccccc1)c1ccccc1)c1nc(Cc2ccc(C)cc2)ns1. The van der Waals surface area contributed by atoms with Crippen molar-refractivity contribution in [2.45, 2.75) is 32.2 Å². The quantitative estimate of drug-likeness (QED) is 0.259. The van der Waals surface area contributed by atoms with Crippen molar-refractivity contribution < 1.29 is 9.53 Å². The molecule has 1 aromatic heterocycles. The van der Waals surface area contributed by atoms with Crippen LogP contribution in [-0.2, 0) is 22.4 Å². The number of ether oxygens (including phenoxy) is 1. The fraction of sp³-hybridized carbons (Fsp3) is 0.300. The van der Waals surface area contributed by atoms with E-state index in [1.54, 1.807) is 7.11 Å². The first-order valence-electron chi connectivity index (χ1n) is 12.6. The number of carbonyl (C=O) groups is 1. The van der Waals surface area contributed by atoms with Crippen LogP contribution in [0.25, 0.3) is 0 Å². The highest BCUT2D eigenvalue weighted by molar-refractivity contribution is 7.09. The fourth-order valence-electron chi connectivity index (χ4n) is 4.13. The van der Waals surface area contributed by atoms with Crippen molar-refractivity contribution in [1.29, 1.82) is 0 Å². The molecule has 0 saturated carbocycles. The first-order valence-corrected chi connectivity index (χ1v) is 13.4. The van der Waals surface area contributed by atoms with Crippen molar-refractivity contribution in [2.24, 2.45) is 0 Å². The molecule has 6 nitrogen and oxygen atoms in total. The van der Waals surface area contributed by atoms with Gasteiger partial charge in [-0.2, -0.15) is 4.37 Å². The smallest absolute Gasteiger partial charge is 0.222 e. The number of carbonyl (C=O) groups excluding carboxylic acids is 1. The lowest BCUT2D eigenvalue weighted by Crippen LogP contribution is -2.35. The molecule has 1 unspecified atom stereocenters. The van der Waals surface area contributed by atoms with Crippen LogP contribution in [0.5, 0.6) is 0 Å². The normalized spacial score (nSPS) is 11.7. The van der Waals surface area contributed by atoms with E-state index in [0.29, 0.717) is 32.5 Å². The molecule has 4 rings (SSSR count). The van der Waals surface area contributed by atoms with Gasteiger partial charge in [0, 0.05) is 44.6 Å². The number of rotatable bonds is 13. The van der Waals surface area contributed by atoms with Crippen LogP contribution in [0.3, 0.4) is 0 Å². The first kappa shape index (κ1) is 26.5. The lowest BCUT2D eigenvalue weighted by molar-refractivity contribution is -0.121. The molecule has 0 fully saturated rings. The standard InChI is InChI=1S/C30H34N4O2S/c1-23-13-15-25(16-14-23)22-28-32-30(37-33-28)34(19-20-36-2)18-17-29(35)31-27(26-11-7-4-8-12-26)21-24-9-5-3-6-10-24/h3-16,27H,17-22H2,1-2H3,(H,31,35).